The molecule has 1 aliphatic heterocycles. The Balaban J connectivity index is 0.00000242. The maximum absolute atomic E-state index is 12.8. The van der Waals surface area contributed by atoms with Crippen LogP contribution in [-0.2, 0) is 11.0 Å². The van der Waals surface area contributed by atoms with Crippen molar-refractivity contribution in [3.8, 4) is 5.75 Å². The number of para-hydroxylation sites is 1. The van der Waals surface area contributed by atoms with Crippen molar-refractivity contribution in [2.75, 3.05) is 32.8 Å². The molecule has 1 N–H and O–H groups in total. The van der Waals surface area contributed by atoms with Crippen molar-refractivity contribution in [3.63, 3.8) is 0 Å². The minimum atomic E-state index is -4.49. The Bertz CT molecular complexity index is 489. The fourth-order valence-corrected chi connectivity index (χ4v) is 2.15. The normalized spacial score (nSPS) is 15.7. The van der Waals surface area contributed by atoms with E-state index in [1.807, 2.05) is 0 Å². The van der Waals surface area contributed by atoms with Gasteiger partial charge in [-0.3, -0.25) is 4.79 Å². The predicted molar refractivity (Wildman–Crippen MR) is 78.3 cm³/mol. The minimum Gasteiger partial charge on any atom is -0.483 e. The summed E-state index contributed by atoms with van der Waals surface area (Å²) in [6, 6.07) is 4.90. The van der Waals surface area contributed by atoms with Crippen LogP contribution in [-0.4, -0.2) is 43.6 Å². The second kappa shape index (κ2) is 8.24. The van der Waals surface area contributed by atoms with Crippen LogP contribution in [0.2, 0.25) is 0 Å². The monoisotopic (exact) mass is 338 g/mol. The van der Waals surface area contributed by atoms with Gasteiger partial charge in [0.2, 0.25) is 0 Å². The van der Waals surface area contributed by atoms with E-state index in [0.717, 1.165) is 19.0 Å². The number of carbonyl (C=O) groups is 1. The molecule has 0 bridgehead atoms. The number of hydrogen-bond donors (Lipinski definition) is 1. The summed E-state index contributed by atoms with van der Waals surface area (Å²) in [5, 5.41) is 3.15. The fourth-order valence-electron chi connectivity index (χ4n) is 2.15. The van der Waals surface area contributed by atoms with Crippen LogP contribution in [0.5, 0.6) is 5.75 Å². The molecule has 124 valence electrons. The summed E-state index contributed by atoms with van der Waals surface area (Å²) in [5.41, 5.74) is -0.865. The van der Waals surface area contributed by atoms with Crippen LogP contribution in [0.3, 0.4) is 0 Å². The van der Waals surface area contributed by atoms with E-state index in [-0.39, 0.29) is 30.7 Å². The number of amides is 1. The van der Waals surface area contributed by atoms with E-state index >= 15 is 0 Å². The quantitative estimate of drug-likeness (QED) is 0.919. The van der Waals surface area contributed by atoms with Crippen molar-refractivity contribution < 1.29 is 22.7 Å². The van der Waals surface area contributed by atoms with Gasteiger partial charge in [0.1, 0.15) is 5.75 Å². The van der Waals surface area contributed by atoms with Gasteiger partial charge in [-0.25, -0.2) is 0 Å². The Kier molecular flexibility index (Phi) is 6.96. The molecule has 1 aliphatic rings. The van der Waals surface area contributed by atoms with Crippen molar-refractivity contribution in [1.82, 2.24) is 10.2 Å². The lowest BCUT2D eigenvalue weighted by atomic mass is 10.2. The van der Waals surface area contributed by atoms with Crippen molar-refractivity contribution in [2.24, 2.45) is 0 Å². The molecule has 1 aromatic carbocycles. The molecule has 0 saturated carbocycles. The Morgan fingerprint density at radius 2 is 1.95 bits per heavy atom. The molecular formula is C14H18ClF3N2O2. The molecule has 2 rings (SSSR count). The summed E-state index contributed by atoms with van der Waals surface area (Å²) in [7, 11) is 0. The highest BCUT2D eigenvalue weighted by molar-refractivity contribution is 5.85. The number of nitrogens with one attached hydrogen (secondary N) is 1. The smallest absolute Gasteiger partial charge is 0.419 e. The second-order valence-electron chi connectivity index (χ2n) is 4.77. The number of benzene rings is 1. The lowest BCUT2D eigenvalue weighted by Crippen LogP contribution is -2.37. The first kappa shape index (κ1) is 18.6. The van der Waals surface area contributed by atoms with Crippen LogP contribution in [0, 0.1) is 0 Å². The summed E-state index contributed by atoms with van der Waals surface area (Å²) >= 11 is 0. The number of nitrogens with zero attached hydrogens (tertiary/aromatic N) is 1. The topological polar surface area (TPSA) is 41.6 Å². The molecule has 0 aliphatic carbocycles. The highest BCUT2D eigenvalue weighted by Crippen LogP contribution is 2.35. The fraction of sp³-hybridized carbons (Fsp3) is 0.500. The molecule has 1 heterocycles. The molecule has 0 unspecified atom stereocenters. The zero-order valence-corrected chi connectivity index (χ0v) is 12.7. The number of carbonyl (C=O) groups excluding carboxylic acids is 1. The van der Waals surface area contributed by atoms with Crippen LogP contribution in [0.25, 0.3) is 0 Å². The SMILES string of the molecule is Cl.O=C(COc1ccccc1C(F)(F)F)N1CCCNCC1. The van der Waals surface area contributed by atoms with Crippen LogP contribution in [0.1, 0.15) is 12.0 Å². The molecule has 0 radical (unpaired) electrons. The van der Waals surface area contributed by atoms with E-state index in [1.54, 1.807) is 4.90 Å². The van der Waals surface area contributed by atoms with E-state index < -0.39 is 11.7 Å². The standard InChI is InChI=1S/C14H17F3N2O2.ClH/c15-14(16,17)11-4-1-2-5-12(11)21-10-13(20)19-8-3-6-18-7-9-19;/h1-2,4-5,18H,3,6-10H2;1H. The summed E-state index contributed by atoms with van der Waals surface area (Å²) in [6.07, 6.45) is -3.67. The van der Waals surface area contributed by atoms with Crippen molar-refractivity contribution in [2.45, 2.75) is 12.6 Å². The average molecular weight is 339 g/mol. The third-order valence-electron chi connectivity index (χ3n) is 3.24. The average Bonchev–Trinajstić information content (AvgIpc) is 2.73. The third kappa shape index (κ3) is 5.06. The van der Waals surface area contributed by atoms with Gasteiger partial charge in [-0.05, 0) is 25.1 Å². The number of hydrogen-bond acceptors (Lipinski definition) is 3. The maximum atomic E-state index is 12.8. The van der Waals surface area contributed by atoms with E-state index in [9.17, 15) is 18.0 Å². The molecular weight excluding hydrogens is 321 g/mol. The van der Waals surface area contributed by atoms with Crippen LogP contribution in [0.4, 0.5) is 13.2 Å². The lowest BCUT2D eigenvalue weighted by Gasteiger charge is -2.20. The first-order chi connectivity index (χ1) is 9.98. The minimum absolute atomic E-state index is 0. The van der Waals surface area contributed by atoms with Gasteiger partial charge in [0.25, 0.3) is 5.91 Å². The maximum Gasteiger partial charge on any atom is 0.419 e. The molecule has 0 atom stereocenters. The van der Waals surface area contributed by atoms with Crippen molar-refractivity contribution in [3.05, 3.63) is 29.8 Å². The third-order valence-corrected chi connectivity index (χ3v) is 3.24. The summed E-state index contributed by atoms with van der Waals surface area (Å²) in [6.45, 7) is 2.28. The van der Waals surface area contributed by atoms with E-state index in [0.29, 0.717) is 19.6 Å². The second-order valence-corrected chi connectivity index (χ2v) is 4.77. The van der Waals surface area contributed by atoms with Crippen LogP contribution in [0.15, 0.2) is 24.3 Å². The van der Waals surface area contributed by atoms with Crippen molar-refractivity contribution >= 4 is 18.3 Å². The molecule has 0 spiro atoms. The van der Waals surface area contributed by atoms with E-state index in [4.69, 9.17) is 4.74 Å². The number of halogens is 4. The lowest BCUT2D eigenvalue weighted by molar-refractivity contribution is -0.141. The highest BCUT2D eigenvalue weighted by Gasteiger charge is 2.34. The van der Waals surface area contributed by atoms with Gasteiger partial charge in [-0.2, -0.15) is 13.2 Å². The molecule has 4 nitrogen and oxygen atoms in total. The zero-order chi connectivity index (χ0) is 15.3. The number of rotatable bonds is 3. The predicted octanol–water partition coefficient (Wildman–Crippen LogP) is 2.33. The molecule has 1 amide bonds. The van der Waals surface area contributed by atoms with Gasteiger partial charge in [-0.15, -0.1) is 12.4 Å². The first-order valence-corrected chi connectivity index (χ1v) is 6.76. The highest BCUT2D eigenvalue weighted by atomic mass is 35.5. The van der Waals surface area contributed by atoms with Gasteiger partial charge in [0.15, 0.2) is 6.61 Å². The summed E-state index contributed by atoms with van der Waals surface area (Å²) in [5.74, 6) is -0.609. The number of alkyl halides is 3. The first-order valence-electron chi connectivity index (χ1n) is 6.76. The summed E-state index contributed by atoms with van der Waals surface area (Å²) in [4.78, 5) is 13.6. The molecule has 8 heteroatoms. The van der Waals surface area contributed by atoms with Crippen LogP contribution < -0.4 is 10.1 Å². The Hall–Kier alpha value is -1.47. The van der Waals surface area contributed by atoms with E-state index in [2.05, 4.69) is 5.32 Å². The van der Waals surface area contributed by atoms with E-state index in [1.165, 1.54) is 18.2 Å². The Morgan fingerprint density at radius 1 is 1.23 bits per heavy atom. The molecule has 1 saturated heterocycles. The van der Waals surface area contributed by atoms with Gasteiger partial charge in [0, 0.05) is 19.6 Å². The van der Waals surface area contributed by atoms with Gasteiger partial charge < -0.3 is 15.0 Å². The van der Waals surface area contributed by atoms with Gasteiger partial charge in [-0.1, -0.05) is 12.1 Å². The largest absolute Gasteiger partial charge is 0.483 e. The number of ether oxygens (including phenoxy) is 1. The van der Waals surface area contributed by atoms with Crippen molar-refractivity contribution in [1.29, 1.82) is 0 Å². The van der Waals surface area contributed by atoms with Gasteiger partial charge in [0.05, 0.1) is 5.56 Å². The molecule has 1 aromatic rings. The molecule has 1 fully saturated rings. The molecule has 22 heavy (non-hydrogen) atoms. The summed E-state index contributed by atoms with van der Waals surface area (Å²) < 4.78 is 43.5. The zero-order valence-electron chi connectivity index (χ0n) is 11.9. The van der Waals surface area contributed by atoms with Crippen LogP contribution >= 0.6 is 12.4 Å². The Morgan fingerprint density at radius 3 is 2.68 bits per heavy atom. The molecule has 0 aromatic heterocycles. The Labute approximate surface area is 133 Å². The van der Waals surface area contributed by atoms with Gasteiger partial charge >= 0.3 is 6.18 Å².